The Balaban J connectivity index is 2.10. The van der Waals surface area contributed by atoms with E-state index in [2.05, 4.69) is 34.3 Å². The fraction of sp³-hybridized carbons (Fsp3) is 0.263. The molecule has 0 unspecified atom stereocenters. The largest absolute Gasteiger partial charge is 0.493 e. The number of rotatable bonds is 6. The molecule has 3 aromatic rings. The van der Waals surface area contributed by atoms with Crippen LogP contribution in [0.2, 0.25) is 0 Å². The summed E-state index contributed by atoms with van der Waals surface area (Å²) in [4.78, 5) is 8.77. The third-order valence-electron chi connectivity index (χ3n) is 4.09. The van der Waals surface area contributed by atoms with Gasteiger partial charge in [-0.1, -0.05) is 30.3 Å². The molecule has 6 nitrogen and oxygen atoms in total. The summed E-state index contributed by atoms with van der Waals surface area (Å²) in [7, 11) is 4.75. The maximum absolute atomic E-state index is 5.51. The van der Waals surface area contributed by atoms with E-state index in [1.54, 1.807) is 21.3 Å². The highest BCUT2D eigenvalue weighted by atomic mass is 16.5. The van der Waals surface area contributed by atoms with Crippen LogP contribution in [-0.4, -0.2) is 31.3 Å². The maximum atomic E-state index is 5.51. The fourth-order valence-electron chi connectivity index (χ4n) is 2.81. The van der Waals surface area contributed by atoms with E-state index in [-0.39, 0.29) is 6.04 Å². The minimum Gasteiger partial charge on any atom is -0.493 e. The predicted molar refractivity (Wildman–Crippen MR) is 97.7 cm³/mol. The Morgan fingerprint density at radius 2 is 1.64 bits per heavy atom. The van der Waals surface area contributed by atoms with Crippen LogP contribution in [0, 0.1) is 0 Å². The van der Waals surface area contributed by atoms with Gasteiger partial charge in [-0.2, -0.15) is 0 Å². The molecule has 0 saturated carbocycles. The first-order valence-corrected chi connectivity index (χ1v) is 7.94. The van der Waals surface area contributed by atoms with Gasteiger partial charge in [0, 0.05) is 6.04 Å². The molecule has 1 atom stereocenters. The number of anilines is 1. The second-order valence-electron chi connectivity index (χ2n) is 5.54. The van der Waals surface area contributed by atoms with Gasteiger partial charge in [0.25, 0.3) is 0 Å². The minimum atomic E-state index is 0.0818. The van der Waals surface area contributed by atoms with Crippen molar-refractivity contribution in [3.05, 3.63) is 48.3 Å². The Hall–Kier alpha value is -3.02. The quantitative estimate of drug-likeness (QED) is 0.736. The molecule has 0 fully saturated rings. The van der Waals surface area contributed by atoms with E-state index in [0.717, 1.165) is 5.39 Å². The molecule has 0 radical (unpaired) electrons. The number of hydrogen-bond donors (Lipinski definition) is 1. The Kier molecular flexibility index (Phi) is 4.88. The van der Waals surface area contributed by atoms with E-state index >= 15 is 0 Å². The van der Waals surface area contributed by atoms with E-state index in [1.807, 2.05) is 24.3 Å². The van der Waals surface area contributed by atoms with Crippen molar-refractivity contribution >= 4 is 16.7 Å². The van der Waals surface area contributed by atoms with E-state index in [0.29, 0.717) is 28.6 Å². The summed E-state index contributed by atoms with van der Waals surface area (Å²) in [5.74, 6) is 2.31. The lowest BCUT2D eigenvalue weighted by Crippen LogP contribution is -2.09. The first-order valence-electron chi connectivity index (χ1n) is 7.94. The van der Waals surface area contributed by atoms with E-state index in [9.17, 15) is 0 Å². The molecule has 130 valence electrons. The van der Waals surface area contributed by atoms with Gasteiger partial charge in [0.05, 0.1) is 26.7 Å². The third kappa shape index (κ3) is 3.15. The SMILES string of the molecule is COc1cc2c(N[C@H](C)c3ccccc3)ncnc2c(OC)c1OC. The zero-order valence-corrected chi connectivity index (χ0v) is 14.7. The van der Waals surface area contributed by atoms with Crippen molar-refractivity contribution in [2.24, 2.45) is 0 Å². The zero-order valence-electron chi connectivity index (χ0n) is 14.7. The first-order chi connectivity index (χ1) is 12.2. The van der Waals surface area contributed by atoms with E-state index in [4.69, 9.17) is 14.2 Å². The maximum Gasteiger partial charge on any atom is 0.205 e. The molecule has 2 aromatic carbocycles. The molecule has 6 heteroatoms. The zero-order chi connectivity index (χ0) is 17.8. The molecule has 0 aliphatic carbocycles. The number of nitrogens with one attached hydrogen (secondary N) is 1. The van der Waals surface area contributed by atoms with Gasteiger partial charge in [-0.25, -0.2) is 9.97 Å². The highest BCUT2D eigenvalue weighted by molar-refractivity contribution is 5.96. The van der Waals surface area contributed by atoms with Crippen molar-refractivity contribution in [3.8, 4) is 17.2 Å². The van der Waals surface area contributed by atoms with Crippen LogP contribution in [0.3, 0.4) is 0 Å². The fourth-order valence-corrected chi connectivity index (χ4v) is 2.81. The Labute approximate surface area is 146 Å². The second kappa shape index (κ2) is 7.25. The topological polar surface area (TPSA) is 65.5 Å². The average molecular weight is 339 g/mol. The lowest BCUT2D eigenvalue weighted by atomic mass is 10.1. The molecular weight excluding hydrogens is 318 g/mol. The van der Waals surface area contributed by atoms with Crippen LogP contribution in [0.1, 0.15) is 18.5 Å². The highest BCUT2D eigenvalue weighted by Crippen LogP contribution is 2.44. The summed E-state index contributed by atoms with van der Waals surface area (Å²) >= 11 is 0. The summed E-state index contributed by atoms with van der Waals surface area (Å²) in [5.41, 5.74) is 1.83. The van der Waals surface area contributed by atoms with Crippen LogP contribution in [-0.2, 0) is 0 Å². The molecule has 25 heavy (non-hydrogen) atoms. The number of nitrogens with zero attached hydrogens (tertiary/aromatic N) is 2. The molecule has 0 aliphatic heterocycles. The van der Waals surface area contributed by atoms with Gasteiger partial charge >= 0.3 is 0 Å². The van der Waals surface area contributed by atoms with Gasteiger partial charge < -0.3 is 19.5 Å². The monoisotopic (exact) mass is 339 g/mol. The summed E-state index contributed by atoms with van der Waals surface area (Å²) in [6.45, 7) is 2.08. The van der Waals surface area contributed by atoms with Crippen LogP contribution in [0.25, 0.3) is 10.9 Å². The number of benzene rings is 2. The molecular formula is C19H21N3O3. The molecule has 3 rings (SSSR count). The van der Waals surface area contributed by atoms with Crippen LogP contribution in [0.15, 0.2) is 42.7 Å². The van der Waals surface area contributed by atoms with Gasteiger partial charge in [0.15, 0.2) is 11.5 Å². The van der Waals surface area contributed by atoms with Crippen molar-refractivity contribution < 1.29 is 14.2 Å². The molecule has 0 aliphatic rings. The lowest BCUT2D eigenvalue weighted by molar-refractivity contribution is 0.327. The van der Waals surface area contributed by atoms with Gasteiger partial charge in [-0.15, -0.1) is 0 Å². The molecule has 1 heterocycles. The Bertz CT molecular complexity index is 869. The first kappa shape index (κ1) is 16.8. The van der Waals surface area contributed by atoms with Gasteiger partial charge in [0.1, 0.15) is 17.7 Å². The second-order valence-corrected chi connectivity index (χ2v) is 5.54. The number of methoxy groups -OCH3 is 3. The number of ether oxygens (including phenoxy) is 3. The predicted octanol–water partition coefficient (Wildman–Crippen LogP) is 3.83. The van der Waals surface area contributed by atoms with Gasteiger partial charge in [0.2, 0.25) is 5.75 Å². The Morgan fingerprint density at radius 1 is 0.920 bits per heavy atom. The van der Waals surface area contributed by atoms with Gasteiger partial charge in [-0.3, -0.25) is 0 Å². The minimum absolute atomic E-state index is 0.0818. The van der Waals surface area contributed by atoms with E-state index < -0.39 is 0 Å². The van der Waals surface area contributed by atoms with Crippen LogP contribution in [0.4, 0.5) is 5.82 Å². The van der Waals surface area contributed by atoms with Crippen LogP contribution < -0.4 is 19.5 Å². The van der Waals surface area contributed by atoms with Crippen molar-refractivity contribution in [2.75, 3.05) is 26.6 Å². The van der Waals surface area contributed by atoms with Crippen molar-refractivity contribution in [2.45, 2.75) is 13.0 Å². The van der Waals surface area contributed by atoms with Crippen molar-refractivity contribution in [1.29, 1.82) is 0 Å². The third-order valence-corrected chi connectivity index (χ3v) is 4.09. The summed E-state index contributed by atoms with van der Waals surface area (Å²) in [6, 6.07) is 12.1. The number of aromatic nitrogens is 2. The summed E-state index contributed by atoms with van der Waals surface area (Å²) in [6.07, 6.45) is 1.51. The number of fused-ring (bicyclic) bond motifs is 1. The van der Waals surface area contributed by atoms with Crippen LogP contribution >= 0.6 is 0 Å². The molecule has 0 bridgehead atoms. The smallest absolute Gasteiger partial charge is 0.205 e. The van der Waals surface area contributed by atoms with E-state index in [1.165, 1.54) is 11.9 Å². The molecule has 0 saturated heterocycles. The van der Waals surface area contributed by atoms with Crippen molar-refractivity contribution in [1.82, 2.24) is 9.97 Å². The Morgan fingerprint density at radius 3 is 2.28 bits per heavy atom. The lowest BCUT2D eigenvalue weighted by Gasteiger charge is -2.18. The van der Waals surface area contributed by atoms with Gasteiger partial charge in [-0.05, 0) is 18.6 Å². The van der Waals surface area contributed by atoms with Crippen LogP contribution in [0.5, 0.6) is 17.2 Å². The molecule has 1 N–H and O–H groups in total. The highest BCUT2D eigenvalue weighted by Gasteiger charge is 2.20. The standard InChI is InChI=1S/C19H21N3O3/c1-12(13-8-6-5-7-9-13)22-19-14-10-15(23-2)17(24-3)18(25-4)16(14)20-11-21-19/h5-12H,1-4H3,(H,20,21,22)/t12-/m1/s1. The van der Waals surface area contributed by atoms with Crippen molar-refractivity contribution in [3.63, 3.8) is 0 Å². The normalized spacial score (nSPS) is 11.8. The number of hydrogen-bond acceptors (Lipinski definition) is 6. The molecule has 0 spiro atoms. The molecule has 1 aromatic heterocycles. The average Bonchev–Trinajstić information content (AvgIpc) is 2.67. The summed E-state index contributed by atoms with van der Waals surface area (Å²) in [5, 5.41) is 4.24. The molecule has 0 amide bonds. The summed E-state index contributed by atoms with van der Waals surface area (Å²) < 4.78 is 16.4.